The maximum atomic E-state index is 5.54. The molecule has 7 heavy (non-hydrogen) atoms. The number of halogens is 3. The molecule has 0 rings (SSSR count). The molecule has 0 aromatic rings. The lowest BCUT2D eigenvalue weighted by Crippen LogP contribution is -1.98. The standard InChI is InChI=1S/C3H6BrCl2P/c1-3(2,4)7(5)6/h1-2H3. The first-order valence-electron chi connectivity index (χ1n) is 1.75. The molecule has 0 atom stereocenters. The van der Waals surface area contributed by atoms with Crippen molar-refractivity contribution in [3.8, 4) is 0 Å². The van der Waals surface area contributed by atoms with Crippen LogP contribution >= 0.6 is 45.0 Å². The highest BCUT2D eigenvalue weighted by atomic mass is 79.9. The first kappa shape index (κ1) is 8.49. The maximum Gasteiger partial charge on any atom is 0.102 e. The second-order valence-electron chi connectivity index (χ2n) is 1.64. The molecule has 0 unspecified atom stereocenters. The Morgan fingerprint density at radius 3 is 1.57 bits per heavy atom. The van der Waals surface area contributed by atoms with Gasteiger partial charge in [0.2, 0.25) is 0 Å². The van der Waals surface area contributed by atoms with Crippen molar-refractivity contribution < 1.29 is 0 Å². The molecule has 0 saturated heterocycles. The molecule has 0 amide bonds. The van der Waals surface area contributed by atoms with Crippen molar-refractivity contribution in [1.29, 1.82) is 0 Å². The van der Waals surface area contributed by atoms with Gasteiger partial charge < -0.3 is 0 Å². The van der Waals surface area contributed by atoms with Gasteiger partial charge in [0, 0.05) is 0 Å². The van der Waals surface area contributed by atoms with E-state index in [1.54, 1.807) is 0 Å². The summed E-state index contributed by atoms with van der Waals surface area (Å²) in [5.74, 6) is 0. The summed E-state index contributed by atoms with van der Waals surface area (Å²) in [5, 5.41) is 0. The first-order valence-corrected chi connectivity index (χ1v) is 5.70. The molecule has 0 saturated carbocycles. The Labute approximate surface area is 63.0 Å². The van der Waals surface area contributed by atoms with Crippen molar-refractivity contribution in [3.05, 3.63) is 0 Å². The highest BCUT2D eigenvalue weighted by Crippen LogP contribution is 2.61. The average Bonchev–Trinajstić information content (AvgIpc) is 1.31. The molecule has 0 heterocycles. The summed E-state index contributed by atoms with van der Waals surface area (Å²) in [5.41, 5.74) is 0. The lowest BCUT2D eigenvalue weighted by molar-refractivity contribution is 1.05. The van der Waals surface area contributed by atoms with E-state index in [1.807, 2.05) is 13.8 Å². The summed E-state index contributed by atoms with van der Waals surface area (Å²) >= 11 is 14.4. The largest absolute Gasteiger partial charge is 0.102 e. The third-order valence-corrected chi connectivity index (χ3v) is 6.03. The SMILES string of the molecule is CC(C)(Br)P(Cl)Cl. The van der Waals surface area contributed by atoms with Gasteiger partial charge in [-0.15, -0.1) is 0 Å². The second kappa shape index (κ2) is 2.87. The van der Waals surface area contributed by atoms with Crippen LogP contribution in [-0.2, 0) is 0 Å². The zero-order valence-electron chi connectivity index (χ0n) is 4.08. The Hall–Kier alpha value is 1.49. The van der Waals surface area contributed by atoms with Crippen LogP contribution < -0.4 is 0 Å². The van der Waals surface area contributed by atoms with Crippen molar-refractivity contribution >= 4 is 45.0 Å². The van der Waals surface area contributed by atoms with Gasteiger partial charge in [0.15, 0.2) is 0 Å². The molecule has 0 N–H and O–H groups in total. The van der Waals surface area contributed by atoms with E-state index in [0.717, 1.165) is 0 Å². The minimum Gasteiger partial charge on any atom is -0.0783 e. The quantitative estimate of drug-likeness (QED) is 0.467. The summed E-state index contributed by atoms with van der Waals surface area (Å²) in [6, 6.07) is 0. The Morgan fingerprint density at radius 1 is 1.43 bits per heavy atom. The fourth-order valence-electron chi connectivity index (χ4n) is 0. The van der Waals surface area contributed by atoms with Crippen LogP contribution in [0.25, 0.3) is 0 Å². The molecule has 0 aliphatic rings. The van der Waals surface area contributed by atoms with Crippen LogP contribution in [0.5, 0.6) is 0 Å². The highest BCUT2D eigenvalue weighted by molar-refractivity contribution is 9.11. The molecule has 4 heteroatoms. The molecule has 0 aliphatic carbocycles. The Kier molecular flexibility index (Phi) is 3.48. The van der Waals surface area contributed by atoms with E-state index in [0.29, 0.717) is 0 Å². The topological polar surface area (TPSA) is 0 Å². The molecule has 0 aromatic heterocycles. The van der Waals surface area contributed by atoms with Gasteiger partial charge in [-0.3, -0.25) is 0 Å². The number of hydrogen-bond acceptors (Lipinski definition) is 0. The maximum absolute atomic E-state index is 5.54. The lowest BCUT2D eigenvalue weighted by atomic mass is 10.6. The van der Waals surface area contributed by atoms with Crippen molar-refractivity contribution in [2.45, 2.75) is 17.9 Å². The number of alkyl halides is 1. The van der Waals surface area contributed by atoms with E-state index < -0.39 is 6.63 Å². The fourth-order valence-corrected chi connectivity index (χ4v) is 0. The summed E-state index contributed by atoms with van der Waals surface area (Å²) in [4.78, 5) is 0. The van der Waals surface area contributed by atoms with Crippen molar-refractivity contribution in [3.63, 3.8) is 0 Å². The van der Waals surface area contributed by atoms with Crippen molar-refractivity contribution in [1.82, 2.24) is 0 Å². The monoisotopic (exact) mass is 222 g/mol. The van der Waals surface area contributed by atoms with Crippen LogP contribution in [0.2, 0.25) is 0 Å². The second-order valence-corrected chi connectivity index (χ2v) is 8.37. The van der Waals surface area contributed by atoms with Gasteiger partial charge in [0.25, 0.3) is 0 Å². The predicted octanol–water partition coefficient (Wildman–Crippen LogP) is 3.91. The average molecular weight is 224 g/mol. The smallest absolute Gasteiger partial charge is 0.0783 e. The zero-order valence-corrected chi connectivity index (χ0v) is 8.07. The van der Waals surface area contributed by atoms with Gasteiger partial charge >= 0.3 is 0 Å². The minimum atomic E-state index is -0.880. The summed E-state index contributed by atoms with van der Waals surface area (Å²) in [6.07, 6.45) is 0. The Bertz CT molecular complexity index is 58.4. The molecule has 0 bridgehead atoms. The van der Waals surface area contributed by atoms with Crippen molar-refractivity contribution in [2.75, 3.05) is 0 Å². The summed E-state index contributed by atoms with van der Waals surface area (Å²) < 4.78 is -0.0918. The molecular formula is C3H6BrCl2P. The molecular weight excluding hydrogens is 218 g/mol. The highest BCUT2D eigenvalue weighted by Gasteiger charge is 2.21. The van der Waals surface area contributed by atoms with E-state index in [-0.39, 0.29) is 4.07 Å². The van der Waals surface area contributed by atoms with Gasteiger partial charge in [-0.2, -0.15) is 0 Å². The minimum absolute atomic E-state index is 0.0918. The third-order valence-electron chi connectivity index (χ3n) is 0.402. The molecule has 0 fully saturated rings. The van der Waals surface area contributed by atoms with Crippen LogP contribution in [0.15, 0.2) is 0 Å². The Morgan fingerprint density at radius 2 is 1.57 bits per heavy atom. The lowest BCUT2D eigenvalue weighted by Gasteiger charge is -2.15. The molecule has 44 valence electrons. The zero-order chi connectivity index (χ0) is 6.08. The number of rotatable bonds is 1. The van der Waals surface area contributed by atoms with Crippen molar-refractivity contribution in [2.24, 2.45) is 0 Å². The van der Waals surface area contributed by atoms with Gasteiger partial charge in [-0.1, -0.05) is 38.4 Å². The summed E-state index contributed by atoms with van der Waals surface area (Å²) in [7, 11) is 0. The molecule has 0 aromatic carbocycles. The van der Waals surface area contributed by atoms with E-state index >= 15 is 0 Å². The van der Waals surface area contributed by atoms with Crippen LogP contribution in [0.4, 0.5) is 0 Å². The normalized spacial score (nSPS) is 12.9. The van der Waals surface area contributed by atoms with Gasteiger partial charge in [0.05, 0.1) is 4.07 Å². The van der Waals surface area contributed by atoms with E-state index in [4.69, 9.17) is 22.5 Å². The van der Waals surface area contributed by atoms with Crippen LogP contribution in [0, 0.1) is 0 Å². The van der Waals surface area contributed by atoms with Crippen LogP contribution in [-0.4, -0.2) is 4.07 Å². The molecule has 0 radical (unpaired) electrons. The van der Waals surface area contributed by atoms with Crippen LogP contribution in [0.3, 0.4) is 0 Å². The van der Waals surface area contributed by atoms with Gasteiger partial charge in [-0.05, 0) is 13.8 Å². The molecule has 0 nitrogen and oxygen atoms in total. The van der Waals surface area contributed by atoms with E-state index in [2.05, 4.69) is 15.9 Å². The Balaban J connectivity index is 3.54. The van der Waals surface area contributed by atoms with Gasteiger partial charge in [0.1, 0.15) is 6.63 Å². The van der Waals surface area contributed by atoms with E-state index in [1.165, 1.54) is 0 Å². The molecule has 0 aliphatic heterocycles. The predicted molar refractivity (Wildman–Crippen MR) is 41.6 cm³/mol. The molecule has 0 spiro atoms. The van der Waals surface area contributed by atoms with E-state index in [9.17, 15) is 0 Å². The van der Waals surface area contributed by atoms with Crippen LogP contribution in [0.1, 0.15) is 13.8 Å². The third kappa shape index (κ3) is 4.02. The first-order chi connectivity index (χ1) is 2.94. The fraction of sp³-hybridized carbons (Fsp3) is 1.00. The summed E-state index contributed by atoms with van der Waals surface area (Å²) in [6.45, 7) is 3.01. The van der Waals surface area contributed by atoms with Gasteiger partial charge in [-0.25, -0.2) is 0 Å². The number of hydrogen-bond donors (Lipinski definition) is 0.